The Morgan fingerprint density at radius 2 is 0.882 bits per heavy atom. The molecule has 12 aromatic rings. The maximum absolute atomic E-state index is 15.2. The molecule has 2 amide bonds. The molecular formula is C72H52F7N11O10S2. The van der Waals surface area contributed by atoms with Gasteiger partial charge in [-0.15, -0.1) is 0 Å². The van der Waals surface area contributed by atoms with Crippen molar-refractivity contribution in [3.63, 3.8) is 0 Å². The Bertz CT molecular complexity index is 5430. The highest BCUT2D eigenvalue weighted by atomic mass is 32.2. The van der Waals surface area contributed by atoms with Gasteiger partial charge in [0.1, 0.15) is 52.8 Å². The number of sulfonamides is 2. The van der Waals surface area contributed by atoms with Crippen molar-refractivity contribution in [2.75, 3.05) is 9.44 Å². The number of alkyl halides is 3. The number of aryl methyl sites for hydroxylation is 2. The Morgan fingerprint density at radius 1 is 0.461 bits per heavy atom. The van der Waals surface area contributed by atoms with E-state index in [1.807, 2.05) is 19.1 Å². The summed E-state index contributed by atoms with van der Waals surface area (Å²) in [5.74, 6) is -11.5. The van der Waals surface area contributed by atoms with E-state index in [1.165, 1.54) is 55.0 Å². The molecule has 102 heavy (non-hydrogen) atoms. The number of anilines is 2. The van der Waals surface area contributed by atoms with Crippen molar-refractivity contribution in [1.29, 1.82) is 0 Å². The largest absolute Gasteiger partial charge is 0.480 e. The summed E-state index contributed by atoms with van der Waals surface area (Å²) in [6, 6.07) is 34.6. The molecule has 2 atom stereocenters. The number of nitrogens with one attached hydrogen (secondary N) is 4. The SMILES string of the molecule is Cc1cc(-c2ccc(S(=O)(=O)Nc3cc(F)c(C(=O)N[C@@H](Cc4ccc(-c5ccc(C(F)(F)F)cn5)c5ncccc45)C(=O)O)c(F)c3)cc2)ccn1.Cc1cc(-c2ccc(S(=O)(=O)Nc3cc(F)c(C(=O)N[C@@H](Cc4ccc(-c5ccncn5)c5ncccc45)C(=O)O)c(F)c3)cc2)ccn1. The average Bonchev–Trinajstić information content (AvgIpc) is 0.837. The highest BCUT2D eigenvalue weighted by Gasteiger charge is 2.32. The summed E-state index contributed by atoms with van der Waals surface area (Å²) in [6.07, 6.45) is 4.66. The second-order valence-electron chi connectivity index (χ2n) is 22.8. The van der Waals surface area contributed by atoms with Gasteiger partial charge in [-0.2, -0.15) is 13.2 Å². The number of benzene rings is 6. The van der Waals surface area contributed by atoms with Gasteiger partial charge in [0.05, 0.1) is 49.2 Å². The minimum Gasteiger partial charge on any atom is -0.480 e. The molecule has 0 radical (unpaired) electrons. The number of fused-ring (bicyclic) bond motifs is 2. The van der Waals surface area contributed by atoms with Crippen LogP contribution in [0.25, 0.3) is 66.6 Å². The molecule has 0 bridgehead atoms. The van der Waals surface area contributed by atoms with E-state index in [0.717, 1.165) is 34.1 Å². The van der Waals surface area contributed by atoms with Crippen molar-refractivity contribution in [3.05, 3.63) is 270 Å². The number of carbonyl (C=O) groups is 4. The summed E-state index contributed by atoms with van der Waals surface area (Å²) in [5.41, 5.74) is 3.90. The third kappa shape index (κ3) is 16.1. The quantitative estimate of drug-likeness (QED) is 0.0386. The number of hydrogen-bond donors (Lipinski definition) is 6. The van der Waals surface area contributed by atoms with Gasteiger partial charge in [-0.25, -0.2) is 54.0 Å². The lowest BCUT2D eigenvalue weighted by atomic mass is 9.96. The predicted molar refractivity (Wildman–Crippen MR) is 361 cm³/mol. The number of hydrogen-bond acceptors (Lipinski definition) is 15. The van der Waals surface area contributed by atoms with Gasteiger partial charge in [-0.05, 0) is 150 Å². The third-order valence-electron chi connectivity index (χ3n) is 15.8. The Hall–Kier alpha value is -12.4. The number of carbonyl (C=O) groups excluding carboxylic acids is 2. The fourth-order valence-electron chi connectivity index (χ4n) is 10.9. The Balaban J connectivity index is 0.000000206. The molecule has 6 heterocycles. The van der Waals surface area contributed by atoms with Crippen LogP contribution < -0.4 is 20.1 Å². The molecule has 0 saturated carbocycles. The fraction of sp³-hybridized carbons (Fsp3) is 0.0972. The first-order chi connectivity index (χ1) is 48.6. The number of pyridine rings is 5. The summed E-state index contributed by atoms with van der Waals surface area (Å²) in [4.78, 5) is 79.3. The number of halogens is 7. The van der Waals surface area contributed by atoms with Gasteiger partial charge in [0.15, 0.2) is 0 Å². The number of aliphatic carboxylic acids is 2. The van der Waals surface area contributed by atoms with Crippen molar-refractivity contribution < 1.29 is 77.0 Å². The number of amides is 2. The molecule has 6 aromatic heterocycles. The summed E-state index contributed by atoms with van der Waals surface area (Å²) < 4.78 is 156. The van der Waals surface area contributed by atoms with Gasteiger partial charge in [-0.3, -0.25) is 44.0 Å². The molecule has 21 nitrogen and oxygen atoms in total. The molecule has 0 aliphatic heterocycles. The zero-order valence-electron chi connectivity index (χ0n) is 53.0. The van der Waals surface area contributed by atoms with Gasteiger partial charge < -0.3 is 20.8 Å². The maximum Gasteiger partial charge on any atom is 0.417 e. The van der Waals surface area contributed by atoms with E-state index in [4.69, 9.17) is 0 Å². The van der Waals surface area contributed by atoms with Crippen LogP contribution in [0, 0.1) is 37.1 Å². The lowest BCUT2D eigenvalue weighted by Gasteiger charge is -2.18. The molecule has 0 fully saturated rings. The number of carboxylic acids is 2. The van der Waals surface area contributed by atoms with Gasteiger partial charge in [0.2, 0.25) is 0 Å². The summed E-state index contributed by atoms with van der Waals surface area (Å²) in [6.45, 7) is 3.63. The molecule has 0 saturated heterocycles. The molecule has 6 N–H and O–H groups in total. The average molecular weight is 1430 g/mol. The smallest absolute Gasteiger partial charge is 0.417 e. The van der Waals surface area contributed by atoms with Crippen LogP contribution in [0.15, 0.2) is 217 Å². The molecule has 0 aliphatic rings. The molecule has 6 aromatic carbocycles. The molecule has 0 spiro atoms. The second-order valence-corrected chi connectivity index (χ2v) is 26.1. The first kappa shape index (κ1) is 70.9. The fourth-order valence-corrected chi connectivity index (χ4v) is 13.0. The Kier molecular flexibility index (Phi) is 20.5. The summed E-state index contributed by atoms with van der Waals surface area (Å²) in [5, 5.41) is 25.2. The van der Waals surface area contributed by atoms with Crippen LogP contribution in [0.4, 0.5) is 42.1 Å². The summed E-state index contributed by atoms with van der Waals surface area (Å²) in [7, 11) is -8.60. The zero-order chi connectivity index (χ0) is 72.8. The third-order valence-corrected chi connectivity index (χ3v) is 18.6. The van der Waals surface area contributed by atoms with Gasteiger partial charge >= 0.3 is 18.1 Å². The van der Waals surface area contributed by atoms with E-state index in [0.29, 0.717) is 80.3 Å². The normalized spacial score (nSPS) is 12.2. The predicted octanol–water partition coefficient (Wildman–Crippen LogP) is 12.8. The van der Waals surface area contributed by atoms with E-state index in [9.17, 15) is 59.4 Å². The van der Waals surface area contributed by atoms with E-state index in [-0.39, 0.29) is 33.8 Å². The van der Waals surface area contributed by atoms with E-state index >= 15 is 17.6 Å². The number of rotatable bonds is 20. The van der Waals surface area contributed by atoms with Crippen LogP contribution in [-0.2, 0) is 48.7 Å². The maximum atomic E-state index is 15.2. The first-order valence-corrected chi connectivity index (χ1v) is 33.3. The van der Waals surface area contributed by atoms with E-state index < -0.39 is 113 Å². The molecule has 12 rings (SSSR count). The van der Waals surface area contributed by atoms with Gasteiger partial charge in [0, 0.05) is 83.3 Å². The minimum absolute atomic E-state index is 0.165. The molecule has 516 valence electrons. The lowest BCUT2D eigenvalue weighted by molar-refractivity contribution is -0.140. The van der Waals surface area contributed by atoms with Gasteiger partial charge in [0.25, 0.3) is 31.9 Å². The van der Waals surface area contributed by atoms with Crippen molar-refractivity contribution in [2.45, 2.75) is 54.7 Å². The van der Waals surface area contributed by atoms with E-state index in [1.54, 1.807) is 111 Å². The minimum atomic E-state index is -4.59. The Morgan fingerprint density at radius 3 is 1.25 bits per heavy atom. The first-order valence-electron chi connectivity index (χ1n) is 30.3. The zero-order valence-corrected chi connectivity index (χ0v) is 54.6. The summed E-state index contributed by atoms with van der Waals surface area (Å²) >= 11 is 0. The number of nitrogens with zero attached hydrogens (tertiary/aromatic N) is 7. The second kappa shape index (κ2) is 29.6. The molecule has 0 unspecified atom stereocenters. The van der Waals surface area contributed by atoms with Crippen molar-refractivity contribution in [2.24, 2.45) is 0 Å². The van der Waals surface area contributed by atoms with Crippen molar-refractivity contribution in [1.82, 2.24) is 45.5 Å². The van der Waals surface area contributed by atoms with Crippen LogP contribution in [0.1, 0.15) is 48.8 Å². The molecule has 0 aliphatic carbocycles. The van der Waals surface area contributed by atoms with Crippen LogP contribution in [0.5, 0.6) is 0 Å². The lowest BCUT2D eigenvalue weighted by Crippen LogP contribution is -2.43. The molecular weight excluding hydrogens is 1380 g/mol. The highest BCUT2D eigenvalue weighted by Crippen LogP contribution is 2.35. The van der Waals surface area contributed by atoms with E-state index in [2.05, 4.69) is 55.0 Å². The van der Waals surface area contributed by atoms with Crippen LogP contribution in [0.3, 0.4) is 0 Å². The standard InChI is InChI=1S/C37H26F5N5O5S.C35H26F2N6O5S/c1-20-15-22(12-14-43-20)21-4-8-26(9-5-21)53(51,52)47-25-17-29(38)33(30(39)18-25)35(48)46-32(36(49)50)16-23-6-10-28(34-27(23)3-2-13-44-34)31-11-7-24(19-45-31)37(40,41)42;1-20-15-22(10-14-39-20)21-4-7-25(8-5-21)49(47,48)43-24-17-28(36)32(29(37)18-24)34(44)42-31(35(45)46)16-23-6-9-27(30-11-13-38-19-41-30)33-26(23)3-2-12-40-33/h2-15,17-19,32,47H,16H2,1H3,(H,46,48)(H,49,50);2-15,17-19,31,43H,16H2,1H3,(H,42,44)(H,45,46)/t32-;31-/m00/s1. The van der Waals surface area contributed by atoms with Crippen LogP contribution >= 0.6 is 0 Å². The number of carboxylic acid groups (broad SMARTS) is 2. The number of aromatic nitrogens is 7. The van der Waals surface area contributed by atoms with Gasteiger partial charge in [-0.1, -0.05) is 60.7 Å². The van der Waals surface area contributed by atoms with Crippen LogP contribution in [-0.4, -0.2) is 97.8 Å². The van der Waals surface area contributed by atoms with Crippen molar-refractivity contribution >= 4 is 77.0 Å². The monoisotopic (exact) mass is 1430 g/mol. The Labute approximate surface area is 575 Å². The highest BCUT2D eigenvalue weighted by molar-refractivity contribution is 7.93. The molecule has 30 heteroatoms. The topological polar surface area (TPSA) is 315 Å². The van der Waals surface area contributed by atoms with Crippen molar-refractivity contribution in [3.8, 4) is 44.8 Å². The van der Waals surface area contributed by atoms with Crippen LogP contribution in [0.2, 0.25) is 0 Å².